The Morgan fingerprint density at radius 1 is 1.00 bits per heavy atom. The average molecular weight is 618 g/mol. The lowest BCUT2D eigenvalue weighted by atomic mass is 9.91. The zero-order chi connectivity index (χ0) is 31.9. The van der Waals surface area contributed by atoms with E-state index in [4.69, 9.17) is 4.74 Å². The Kier molecular flexibility index (Phi) is 12.4. The number of likely N-dealkylation sites (N-methyl/N-ethyl adjacent to an activating group) is 1. The van der Waals surface area contributed by atoms with Crippen LogP contribution in [0.5, 0.6) is 0 Å². The van der Waals surface area contributed by atoms with Crippen LogP contribution in [0.1, 0.15) is 60.6 Å². The summed E-state index contributed by atoms with van der Waals surface area (Å²) >= 11 is 0. The van der Waals surface area contributed by atoms with E-state index >= 15 is 0 Å². The largest absolute Gasteiger partial charge is 0.387 e. The Hall–Kier alpha value is -2.67. The molecule has 11 heteroatoms. The van der Waals surface area contributed by atoms with Crippen LogP contribution in [0.2, 0.25) is 0 Å². The highest BCUT2D eigenvalue weighted by Crippen LogP contribution is 2.34. The number of nitrogens with one attached hydrogen (secondary N) is 2. The lowest BCUT2D eigenvalue weighted by molar-refractivity contribution is -0.201. The normalized spacial score (nSPS) is 23.2. The summed E-state index contributed by atoms with van der Waals surface area (Å²) in [6.45, 7) is 6.64. The number of hydrogen-bond acceptors (Lipinski definition) is 8. The van der Waals surface area contributed by atoms with E-state index in [2.05, 4.69) is 10.6 Å². The third-order valence-corrected chi connectivity index (χ3v) is 8.79. The summed E-state index contributed by atoms with van der Waals surface area (Å²) in [7, 11) is 2.31. The number of benzene rings is 2. The van der Waals surface area contributed by atoms with E-state index < -0.39 is 46.2 Å². The summed E-state index contributed by atoms with van der Waals surface area (Å²) in [4.78, 5) is 26.9. The predicted molar refractivity (Wildman–Crippen MR) is 167 cm³/mol. The van der Waals surface area contributed by atoms with Crippen LogP contribution in [-0.4, -0.2) is 99.0 Å². The van der Waals surface area contributed by atoms with E-state index in [0.717, 1.165) is 35.2 Å². The fourth-order valence-corrected chi connectivity index (χ4v) is 5.87. The smallest absolute Gasteiger partial charge is 0.245 e. The van der Waals surface area contributed by atoms with Gasteiger partial charge in [-0.15, -0.1) is 0 Å². The van der Waals surface area contributed by atoms with Gasteiger partial charge in [-0.2, -0.15) is 0 Å². The van der Waals surface area contributed by atoms with Crippen molar-refractivity contribution in [2.45, 2.75) is 81.8 Å². The van der Waals surface area contributed by atoms with Crippen molar-refractivity contribution < 1.29 is 33.9 Å². The lowest BCUT2D eigenvalue weighted by Crippen LogP contribution is -2.55. The first kappa shape index (κ1) is 34.8. The molecule has 10 nitrogen and oxygen atoms in total. The number of rotatable bonds is 13. The van der Waals surface area contributed by atoms with Crippen molar-refractivity contribution in [2.24, 2.45) is 0 Å². The van der Waals surface area contributed by atoms with Crippen molar-refractivity contribution in [1.82, 2.24) is 15.5 Å². The third kappa shape index (κ3) is 9.66. The minimum absolute atomic E-state index is 0.162. The maximum Gasteiger partial charge on any atom is 0.245 e. The standard InChI is InChI=1S/C32H47N3O7S/c1-20-10-15-23(29-27(38)26(37)28(39)30(42-29)43(6)41)19-24(20)18-22-13-11-21(12-14-22)8-7-9-25(36)34-32(2,3)31(40)33-16-17-35(4)5/h10-15,19,26-30,37-39H,7-9,16-18H2,1-6H3,(H,33,40)(H,34,36)/t26-,27-,28+,29+,30-,43+/m1/s1. The molecule has 0 radical (unpaired) electrons. The molecule has 1 fully saturated rings. The Labute approximate surface area is 257 Å². The molecule has 3 rings (SSSR count). The molecule has 1 heterocycles. The molecule has 1 aliphatic rings. The summed E-state index contributed by atoms with van der Waals surface area (Å²) in [5.74, 6) is -0.371. The molecule has 0 spiro atoms. The molecule has 0 saturated carbocycles. The maximum atomic E-state index is 12.5. The van der Waals surface area contributed by atoms with Gasteiger partial charge < -0.3 is 35.6 Å². The molecular formula is C32H47N3O7S. The molecule has 1 aliphatic heterocycles. The van der Waals surface area contributed by atoms with Crippen molar-refractivity contribution in [3.63, 3.8) is 0 Å². The van der Waals surface area contributed by atoms with Gasteiger partial charge in [0.2, 0.25) is 11.8 Å². The number of nitrogens with zero attached hydrogens (tertiary/aromatic N) is 1. The fourth-order valence-electron chi connectivity index (χ4n) is 5.04. The van der Waals surface area contributed by atoms with E-state index in [0.29, 0.717) is 31.4 Å². The minimum atomic E-state index is -1.55. The second-order valence-corrected chi connectivity index (χ2v) is 13.6. The van der Waals surface area contributed by atoms with Crippen LogP contribution in [0, 0.1) is 6.92 Å². The van der Waals surface area contributed by atoms with E-state index in [9.17, 15) is 29.1 Å². The van der Waals surface area contributed by atoms with Gasteiger partial charge in [0.15, 0.2) is 5.44 Å². The molecule has 2 aromatic rings. The first-order valence-corrected chi connectivity index (χ1v) is 16.2. The fraction of sp³-hybridized carbons (Fsp3) is 0.562. The van der Waals surface area contributed by atoms with Gasteiger partial charge in [0.1, 0.15) is 30.0 Å². The molecule has 1 saturated heterocycles. The number of amides is 2. The van der Waals surface area contributed by atoms with Gasteiger partial charge in [-0.25, -0.2) is 0 Å². The van der Waals surface area contributed by atoms with Gasteiger partial charge in [0.25, 0.3) is 0 Å². The topological polar surface area (TPSA) is 148 Å². The number of aliphatic hydroxyl groups is 3. The lowest BCUT2D eigenvalue weighted by Gasteiger charge is -2.40. The second kappa shape index (κ2) is 15.4. The van der Waals surface area contributed by atoms with E-state index in [1.165, 1.54) is 6.26 Å². The Balaban J connectivity index is 1.55. The molecule has 6 atom stereocenters. The van der Waals surface area contributed by atoms with Crippen LogP contribution >= 0.6 is 0 Å². The van der Waals surface area contributed by atoms with Crippen LogP contribution < -0.4 is 10.6 Å². The number of ether oxygens (including phenoxy) is 1. The summed E-state index contributed by atoms with van der Waals surface area (Å²) in [5.41, 5.74) is 2.80. The van der Waals surface area contributed by atoms with Crippen LogP contribution in [0.3, 0.4) is 0 Å². The summed E-state index contributed by atoms with van der Waals surface area (Å²) in [6, 6.07) is 13.8. The molecule has 2 amide bonds. The number of aliphatic hydroxyl groups excluding tert-OH is 3. The Morgan fingerprint density at radius 3 is 2.28 bits per heavy atom. The highest BCUT2D eigenvalue weighted by Gasteiger charge is 2.45. The predicted octanol–water partition coefficient (Wildman–Crippen LogP) is 1.34. The molecule has 0 unspecified atom stereocenters. The molecule has 0 aliphatic carbocycles. The first-order valence-electron chi connectivity index (χ1n) is 14.6. The van der Waals surface area contributed by atoms with Gasteiger partial charge >= 0.3 is 0 Å². The SMILES string of the molecule is Cc1ccc([C@@H]2O[C@H]([S@](C)=O)[C@@H](O)[C@H](O)[C@H]2O)cc1Cc1ccc(CCCC(=O)NC(C)(C)C(=O)NCCN(C)C)cc1. The summed E-state index contributed by atoms with van der Waals surface area (Å²) in [6.07, 6.45) is -1.48. The van der Waals surface area contributed by atoms with Crippen LogP contribution in [0.4, 0.5) is 0 Å². The van der Waals surface area contributed by atoms with E-state index in [1.807, 2.05) is 68.4 Å². The zero-order valence-corrected chi connectivity index (χ0v) is 26.8. The zero-order valence-electron chi connectivity index (χ0n) is 26.0. The van der Waals surface area contributed by atoms with E-state index in [1.54, 1.807) is 13.8 Å². The highest BCUT2D eigenvalue weighted by molar-refractivity contribution is 7.84. The molecule has 5 N–H and O–H groups in total. The van der Waals surface area contributed by atoms with Crippen molar-refractivity contribution in [3.8, 4) is 0 Å². The quantitative estimate of drug-likeness (QED) is 0.226. The number of aryl methyl sites for hydroxylation is 2. The Morgan fingerprint density at radius 2 is 1.65 bits per heavy atom. The maximum absolute atomic E-state index is 12.5. The van der Waals surface area contributed by atoms with Gasteiger partial charge in [-0.05, 0) is 81.9 Å². The van der Waals surface area contributed by atoms with Gasteiger partial charge in [0.05, 0.1) is 10.8 Å². The number of carbonyl (C=O) groups excluding carboxylic acids is 2. The average Bonchev–Trinajstić information content (AvgIpc) is 2.93. The highest BCUT2D eigenvalue weighted by atomic mass is 32.2. The summed E-state index contributed by atoms with van der Waals surface area (Å²) in [5, 5.41) is 36.8. The van der Waals surface area contributed by atoms with Crippen molar-refractivity contribution in [3.05, 3.63) is 70.3 Å². The van der Waals surface area contributed by atoms with Crippen LogP contribution in [-0.2, 0) is 38.0 Å². The monoisotopic (exact) mass is 617 g/mol. The minimum Gasteiger partial charge on any atom is -0.387 e. The van der Waals surface area contributed by atoms with Crippen molar-refractivity contribution >= 4 is 22.6 Å². The van der Waals surface area contributed by atoms with Gasteiger partial charge in [-0.1, -0.05) is 42.5 Å². The molecular weight excluding hydrogens is 570 g/mol. The number of hydrogen-bond donors (Lipinski definition) is 5. The van der Waals surface area contributed by atoms with Crippen molar-refractivity contribution in [2.75, 3.05) is 33.4 Å². The second-order valence-electron chi connectivity index (χ2n) is 12.2. The van der Waals surface area contributed by atoms with Crippen LogP contribution in [0.15, 0.2) is 42.5 Å². The number of carbonyl (C=O) groups is 2. The summed E-state index contributed by atoms with van der Waals surface area (Å²) < 4.78 is 17.8. The first-order chi connectivity index (χ1) is 20.2. The molecule has 0 aromatic heterocycles. The van der Waals surface area contributed by atoms with Crippen molar-refractivity contribution in [1.29, 1.82) is 0 Å². The molecule has 0 bridgehead atoms. The van der Waals surface area contributed by atoms with E-state index in [-0.39, 0.29) is 11.8 Å². The van der Waals surface area contributed by atoms with Crippen LogP contribution in [0.25, 0.3) is 0 Å². The molecule has 2 aromatic carbocycles. The van der Waals surface area contributed by atoms with Gasteiger partial charge in [0, 0.05) is 25.8 Å². The molecule has 238 valence electrons. The third-order valence-electron chi connectivity index (χ3n) is 7.75. The van der Waals surface area contributed by atoms with Gasteiger partial charge in [-0.3, -0.25) is 13.8 Å². The Bertz CT molecular complexity index is 1270. The molecule has 43 heavy (non-hydrogen) atoms.